The first-order chi connectivity index (χ1) is 14.3. The minimum Gasteiger partial charge on any atom is -0.456 e. The third-order valence-electron chi connectivity index (χ3n) is 4.28. The molecule has 3 aromatic rings. The SMILES string of the molecule is Cc1ccc(S(=O)(=O)CCC(=O)OCC(=O)Nc2c(C#N)oc3ccccc23)cc1. The third-order valence-corrected chi connectivity index (χ3v) is 6.01. The molecule has 0 spiro atoms. The van der Waals surface area contributed by atoms with E-state index in [9.17, 15) is 18.0 Å². The number of furan rings is 1. The first-order valence-electron chi connectivity index (χ1n) is 8.96. The molecule has 9 heteroatoms. The molecule has 30 heavy (non-hydrogen) atoms. The summed E-state index contributed by atoms with van der Waals surface area (Å²) in [7, 11) is -3.63. The van der Waals surface area contributed by atoms with E-state index in [1.807, 2.05) is 13.0 Å². The monoisotopic (exact) mass is 426 g/mol. The van der Waals surface area contributed by atoms with Gasteiger partial charge in [0.25, 0.3) is 5.91 Å². The Bertz CT molecular complexity index is 1240. The van der Waals surface area contributed by atoms with E-state index in [-0.39, 0.29) is 22.8 Å². The second-order valence-corrected chi connectivity index (χ2v) is 8.61. The number of rotatable bonds is 7. The van der Waals surface area contributed by atoms with E-state index < -0.39 is 34.1 Å². The Morgan fingerprint density at radius 1 is 1.13 bits per heavy atom. The molecule has 2 aromatic carbocycles. The molecule has 0 aliphatic rings. The maximum atomic E-state index is 12.3. The van der Waals surface area contributed by atoms with Gasteiger partial charge in [-0.3, -0.25) is 9.59 Å². The number of nitrogens with one attached hydrogen (secondary N) is 1. The average Bonchev–Trinajstić information content (AvgIpc) is 3.08. The lowest BCUT2D eigenvalue weighted by Crippen LogP contribution is -2.22. The van der Waals surface area contributed by atoms with Crippen molar-refractivity contribution in [2.45, 2.75) is 18.2 Å². The fourth-order valence-electron chi connectivity index (χ4n) is 2.72. The molecule has 8 nitrogen and oxygen atoms in total. The molecule has 1 heterocycles. The van der Waals surface area contributed by atoms with E-state index in [0.717, 1.165) is 5.56 Å². The van der Waals surface area contributed by atoms with Gasteiger partial charge in [0.15, 0.2) is 16.4 Å². The second-order valence-electron chi connectivity index (χ2n) is 6.50. The maximum absolute atomic E-state index is 12.3. The molecule has 0 radical (unpaired) electrons. The number of carbonyl (C=O) groups excluding carboxylic acids is 2. The van der Waals surface area contributed by atoms with Crippen LogP contribution in [0.3, 0.4) is 0 Å². The Morgan fingerprint density at radius 2 is 1.83 bits per heavy atom. The summed E-state index contributed by atoms with van der Waals surface area (Å²) >= 11 is 0. The molecule has 0 fully saturated rings. The zero-order valence-electron chi connectivity index (χ0n) is 16.0. The number of fused-ring (bicyclic) bond motifs is 1. The highest BCUT2D eigenvalue weighted by Gasteiger charge is 2.19. The van der Waals surface area contributed by atoms with Gasteiger partial charge in [0.1, 0.15) is 17.3 Å². The van der Waals surface area contributed by atoms with Crippen molar-refractivity contribution in [2.75, 3.05) is 17.7 Å². The van der Waals surface area contributed by atoms with E-state index in [1.54, 1.807) is 36.4 Å². The molecule has 0 bridgehead atoms. The maximum Gasteiger partial charge on any atom is 0.307 e. The highest BCUT2D eigenvalue weighted by atomic mass is 32.2. The number of amides is 1. The number of sulfone groups is 1. The van der Waals surface area contributed by atoms with Crippen LogP contribution in [0.4, 0.5) is 5.69 Å². The average molecular weight is 426 g/mol. The molecule has 0 saturated heterocycles. The van der Waals surface area contributed by atoms with E-state index in [0.29, 0.717) is 11.0 Å². The number of carbonyl (C=O) groups is 2. The van der Waals surface area contributed by atoms with Crippen LogP contribution in [0.1, 0.15) is 17.7 Å². The molecule has 0 aliphatic heterocycles. The smallest absolute Gasteiger partial charge is 0.307 e. The van der Waals surface area contributed by atoms with Gasteiger partial charge in [-0.2, -0.15) is 5.26 Å². The lowest BCUT2D eigenvalue weighted by molar-refractivity contribution is -0.146. The van der Waals surface area contributed by atoms with Crippen molar-refractivity contribution in [3.8, 4) is 6.07 Å². The van der Waals surface area contributed by atoms with Gasteiger partial charge in [0.05, 0.1) is 17.1 Å². The van der Waals surface area contributed by atoms with E-state index >= 15 is 0 Å². The van der Waals surface area contributed by atoms with Crippen molar-refractivity contribution >= 4 is 38.4 Å². The molecule has 0 aliphatic carbocycles. The number of anilines is 1. The van der Waals surface area contributed by atoms with Crippen LogP contribution >= 0.6 is 0 Å². The summed E-state index contributed by atoms with van der Waals surface area (Å²) < 4.78 is 34.7. The quantitative estimate of drug-likeness (QED) is 0.576. The predicted octanol–water partition coefficient (Wildman–Crippen LogP) is 2.96. The number of para-hydroxylation sites is 1. The summed E-state index contributed by atoms with van der Waals surface area (Å²) in [5.74, 6) is -1.99. The second kappa shape index (κ2) is 8.80. The molecular formula is C21H18N2O6S. The lowest BCUT2D eigenvalue weighted by Gasteiger charge is -2.07. The number of nitrogens with zero attached hydrogens (tertiary/aromatic N) is 1. The van der Waals surface area contributed by atoms with Crippen molar-refractivity contribution in [1.29, 1.82) is 5.26 Å². The number of aryl methyl sites for hydroxylation is 1. The van der Waals surface area contributed by atoms with Crippen molar-refractivity contribution in [3.05, 3.63) is 59.9 Å². The summed E-state index contributed by atoms with van der Waals surface area (Å²) in [6.45, 7) is 1.22. The van der Waals surface area contributed by atoms with Gasteiger partial charge >= 0.3 is 5.97 Å². The fourth-order valence-corrected chi connectivity index (χ4v) is 3.95. The normalized spacial score (nSPS) is 11.1. The van der Waals surface area contributed by atoms with Gasteiger partial charge in [-0.05, 0) is 31.2 Å². The number of esters is 1. The third kappa shape index (κ3) is 4.85. The molecule has 3 rings (SSSR count). The molecule has 1 aromatic heterocycles. The number of hydrogen-bond donors (Lipinski definition) is 1. The number of nitriles is 1. The summed E-state index contributed by atoms with van der Waals surface area (Å²) in [5.41, 5.74) is 1.54. The lowest BCUT2D eigenvalue weighted by atomic mass is 10.2. The van der Waals surface area contributed by atoms with E-state index in [2.05, 4.69) is 5.32 Å². The fraction of sp³-hybridized carbons (Fsp3) is 0.190. The summed E-state index contributed by atoms with van der Waals surface area (Å²) in [6.07, 6.45) is -0.387. The van der Waals surface area contributed by atoms with Gasteiger partial charge < -0.3 is 14.5 Å². The zero-order chi connectivity index (χ0) is 21.7. The Morgan fingerprint density at radius 3 is 2.53 bits per heavy atom. The predicted molar refractivity (Wildman–Crippen MR) is 108 cm³/mol. The van der Waals surface area contributed by atoms with Crippen molar-refractivity contribution < 1.29 is 27.2 Å². The number of hydrogen-bond acceptors (Lipinski definition) is 7. The topological polar surface area (TPSA) is 126 Å². The molecule has 0 saturated carbocycles. The molecule has 0 atom stereocenters. The Labute approximate surface area is 173 Å². The summed E-state index contributed by atoms with van der Waals surface area (Å²) in [4.78, 5) is 24.1. The minimum absolute atomic E-state index is 0.0694. The van der Waals surface area contributed by atoms with Gasteiger partial charge in [0.2, 0.25) is 5.76 Å². The Kier molecular flexibility index (Phi) is 6.18. The van der Waals surface area contributed by atoms with E-state index in [1.165, 1.54) is 12.1 Å². The van der Waals surface area contributed by atoms with Crippen LogP contribution in [-0.4, -0.2) is 32.7 Å². The van der Waals surface area contributed by atoms with Crippen LogP contribution in [0.5, 0.6) is 0 Å². The molecule has 1 N–H and O–H groups in total. The van der Waals surface area contributed by atoms with Gasteiger partial charge in [-0.25, -0.2) is 8.42 Å². The van der Waals surface area contributed by atoms with Crippen LogP contribution in [0.15, 0.2) is 57.8 Å². The van der Waals surface area contributed by atoms with Crippen LogP contribution in [0.2, 0.25) is 0 Å². The van der Waals surface area contributed by atoms with Crippen molar-refractivity contribution in [3.63, 3.8) is 0 Å². The van der Waals surface area contributed by atoms with Crippen molar-refractivity contribution in [2.24, 2.45) is 0 Å². The number of benzene rings is 2. The van der Waals surface area contributed by atoms with Crippen LogP contribution in [0, 0.1) is 18.3 Å². The summed E-state index contributed by atoms with van der Waals surface area (Å²) in [5, 5.41) is 12.2. The standard InChI is InChI=1S/C21H18N2O6S/c1-14-6-8-15(9-7-14)30(26,27)11-10-20(25)28-13-19(24)23-21-16-4-2-3-5-17(16)29-18(21)12-22/h2-9H,10-11,13H2,1H3,(H,23,24). The summed E-state index contributed by atoms with van der Waals surface area (Å²) in [6, 6.07) is 14.9. The molecule has 154 valence electrons. The Balaban J connectivity index is 1.55. The van der Waals surface area contributed by atoms with Crippen LogP contribution in [0.25, 0.3) is 11.0 Å². The first-order valence-corrected chi connectivity index (χ1v) is 10.6. The van der Waals surface area contributed by atoms with Gasteiger partial charge in [-0.1, -0.05) is 29.8 Å². The van der Waals surface area contributed by atoms with Crippen molar-refractivity contribution in [1.82, 2.24) is 0 Å². The molecule has 0 unspecified atom stereocenters. The van der Waals surface area contributed by atoms with Crippen LogP contribution < -0.4 is 5.32 Å². The van der Waals surface area contributed by atoms with Crippen LogP contribution in [-0.2, 0) is 24.2 Å². The Hall–Kier alpha value is -3.64. The minimum atomic E-state index is -3.63. The van der Waals surface area contributed by atoms with E-state index in [4.69, 9.17) is 14.4 Å². The highest BCUT2D eigenvalue weighted by molar-refractivity contribution is 7.91. The zero-order valence-corrected chi connectivity index (χ0v) is 16.9. The largest absolute Gasteiger partial charge is 0.456 e. The first kappa shape index (κ1) is 21.1. The van der Waals surface area contributed by atoms with Gasteiger partial charge in [-0.15, -0.1) is 0 Å². The molecule has 1 amide bonds. The molecular weight excluding hydrogens is 408 g/mol. The number of ether oxygens (including phenoxy) is 1. The highest BCUT2D eigenvalue weighted by Crippen LogP contribution is 2.30. The van der Waals surface area contributed by atoms with Gasteiger partial charge in [0, 0.05) is 5.39 Å².